The summed E-state index contributed by atoms with van der Waals surface area (Å²) in [6.45, 7) is 0.553. The molecule has 1 aliphatic heterocycles. The van der Waals surface area contributed by atoms with Crippen molar-refractivity contribution in [1.29, 1.82) is 0 Å². The molecule has 2 N–H and O–H groups in total. The van der Waals surface area contributed by atoms with Crippen LogP contribution in [0.25, 0.3) is 0 Å². The number of methoxy groups -OCH3 is 1. The third-order valence-corrected chi connectivity index (χ3v) is 6.53. The smallest absolute Gasteiger partial charge is 0.420 e. The Labute approximate surface area is 211 Å². The van der Waals surface area contributed by atoms with E-state index in [1.807, 2.05) is 0 Å². The van der Waals surface area contributed by atoms with Crippen LogP contribution in [0.5, 0.6) is 17.2 Å². The highest BCUT2D eigenvalue weighted by molar-refractivity contribution is 5.95. The zero-order valence-electron chi connectivity index (χ0n) is 20.4. The summed E-state index contributed by atoms with van der Waals surface area (Å²) >= 11 is 0. The van der Waals surface area contributed by atoms with Gasteiger partial charge in [0.05, 0.1) is 25.5 Å². The minimum Gasteiger partial charge on any atom is -0.497 e. The highest BCUT2D eigenvalue weighted by Gasteiger charge is 2.52. The van der Waals surface area contributed by atoms with Crippen molar-refractivity contribution >= 4 is 17.7 Å². The summed E-state index contributed by atoms with van der Waals surface area (Å²) in [5, 5.41) is 5.55. The van der Waals surface area contributed by atoms with Gasteiger partial charge in [0, 0.05) is 25.9 Å². The number of amides is 3. The standard InChI is InChI=1S/C25H27F3N4O5/c1-32-10-7-15(11-21(32)33)22(34)31-24(8-9-24)23(35)30-13-16-3-4-18(14-29-16)37-20-6-5-17(36-2)12-19(20)25(26,27)28/h3-6,12,14-15H,7-11,13H2,1-2H3,(H,30,35)(H,31,34). The summed E-state index contributed by atoms with van der Waals surface area (Å²) in [5.41, 5.74) is -1.52. The van der Waals surface area contributed by atoms with Gasteiger partial charge in [-0.15, -0.1) is 0 Å². The molecule has 198 valence electrons. The van der Waals surface area contributed by atoms with Gasteiger partial charge in [0.2, 0.25) is 17.7 Å². The number of carbonyl (C=O) groups excluding carboxylic acids is 3. The summed E-state index contributed by atoms with van der Waals surface area (Å²) in [4.78, 5) is 43.0. The Bertz CT molecular complexity index is 1180. The van der Waals surface area contributed by atoms with Crippen LogP contribution in [0.2, 0.25) is 0 Å². The van der Waals surface area contributed by atoms with Gasteiger partial charge >= 0.3 is 6.18 Å². The lowest BCUT2D eigenvalue weighted by Gasteiger charge is -2.29. The molecule has 4 rings (SSSR count). The SMILES string of the molecule is COc1ccc(Oc2ccc(CNC(=O)C3(NC(=O)C4CCN(C)C(=O)C4)CC3)nc2)c(C(F)(F)F)c1. The number of hydrogen-bond acceptors (Lipinski definition) is 6. The van der Waals surface area contributed by atoms with E-state index in [0.717, 1.165) is 6.07 Å². The number of alkyl halides is 3. The van der Waals surface area contributed by atoms with Gasteiger partial charge in [-0.1, -0.05) is 0 Å². The van der Waals surface area contributed by atoms with Crippen molar-refractivity contribution in [3.8, 4) is 17.2 Å². The molecule has 2 aliphatic rings. The lowest BCUT2D eigenvalue weighted by atomic mass is 9.95. The van der Waals surface area contributed by atoms with Gasteiger partial charge in [0.15, 0.2) is 0 Å². The highest BCUT2D eigenvalue weighted by Crippen LogP contribution is 2.40. The van der Waals surface area contributed by atoms with E-state index in [4.69, 9.17) is 9.47 Å². The lowest BCUT2D eigenvalue weighted by molar-refractivity contribution is -0.140. The lowest BCUT2D eigenvalue weighted by Crippen LogP contribution is -2.52. The first-order chi connectivity index (χ1) is 17.5. The van der Waals surface area contributed by atoms with Crippen molar-refractivity contribution < 1.29 is 37.0 Å². The number of rotatable bonds is 8. The van der Waals surface area contributed by atoms with E-state index in [2.05, 4.69) is 15.6 Å². The van der Waals surface area contributed by atoms with Crippen molar-refractivity contribution in [2.75, 3.05) is 20.7 Å². The minimum atomic E-state index is -4.64. The summed E-state index contributed by atoms with van der Waals surface area (Å²) in [7, 11) is 2.96. The molecule has 1 aromatic carbocycles. The molecule has 3 amide bonds. The van der Waals surface area contributed by atoms with Gasteiger partial charge in [-0.3, -0.25) is 19.4 Å². The van der Waals surface area contributed by atoms with Crippen LogP contribution in [-0.2, 0) is 27.1 Å². The molecule has 0 spiro atoms. The molecule has 1 unspecified atom stereocenters. The molecule has 9 nitrogen and oxygen atoms in total. The maximum absolute atomic E-state index is 13.4. The molecule has 2 fully saturated rings. The Balaban J connectivity index is 1.32. The van der Waals surface area contributed by atoms with Gasteiger partial charge in [-0.25, -0.2) is 0 Å². The van der Waals surface area contributed by atoms with Crippen LogP contribution in [0.1, 0.15) is 36.9 Å². The molecule has 37 heavy (non-hydrogen) atoms. The Morgan fingerprint density at radius 2 is 1.92 bits per heavy atom. The van der Waals surface area contributed by atoms with E-state index in [-0.39, 0.29) is 42.2 Å². The van der Waals surface area contributed by atoms with E-state index in [0.29, 0.717) is 31.5 Å². The molecule has 2 aromatic rings. The number of piperidine rings is 1. The maximum atomic E-state index is 13.4. The second-order valence-corrected chi connectivity index (χ2v) is 9.21. The monoisotopic (exact) mass is 520 g/mol. The molecule has 12 heteroatoms. The number of halogens is 3. The average molecular weight is 521 g/mol. The summed E-state index contributed by atoms with van der Waals surface area (Å²) < 4.78 is 50.4. The number of hydrogen-bond donors (Lipinski definition) is 2. The quantitative estimate of drug-likeness (QED) is 0.554. The average Bonchev–Trinajstić information content (AvgIpc) is 3.65. The van der Waals surface area contributed by atoms with Crippen LogP contribution in [0, 0.1) is 5.92 Å². The number of likely N-dealkylation sites (tertiary alicyclic amines) is 1. The Kier molecular flexibility index (Phi) is 7.28. The number of nitrogens with one attached hydrogen (secondary N) is 2. The van der Waals surface area contributed by atoms with E-state index < -0.39 is 28.9 Å². The van der Waals surface area contributed by atoms with Crippen molar-refractivity contribution in [1.82, 2.24) is 20.5 Å². The molecule has 1 aromatic heterocycles. The van der Waals surface area contributed by atoms with Crippen LogP contribution in [-0.4, -0.2) is 53.8 Å². The van der Waals surface area contributed by atoms with Crippen molar-refractivity contribution in [2.24, 2.45) is 5.92 Å². The largest absolute Gasteiger partial charge is 0.497 e. The number of nitrogens with zero attached hydrogens (tertiary/aromatic N) is 2. The predicted octanol–water partition coefficient (Wildman–Crippen LogP) is 3.03. The number of carbonyl (C=O) groups is 3. The van der Waals surface area contributed by atoms with Gasteiger partial charge in [0.25, 0.3) is 0 Å². The molecular formula is C25H27F3N4O5. The fraction of sp³-hybridized carbons (Fsp3) is 0.440. The summed E-state index contributed by atoms with van der Waals surface area (Å²) in [6, 6.07) is 6.35. The van der Waals surface area contributed by atoms with Gasteiger partial charge in [-0.05, 0) is 49.6 Å². The van der Waals surface area contributed by atoms with E-state index in [9.17, 15) is 27.6 Å². The van der Waals surface area contributed by atoms with Gasteiger partial charge in [0.1, 0.15) is 28.4 Å². The maximum Gasteiger partial charge on any atom is 0.420 e. The van der Waals surface area contributed by atoms with Crippen LogP contribution in [0.4, 0.5) is 13.2 Å². The van der Waals surface area contributed by atoms with E-state index >= 15 is 0 Å². The predicted molar refractivity (Wildman–Crippen MR) is 125 cm³/mol. The highest BCUT2D eigenvalue weighted by atomic mass is 19.4. The van der Waals surface area contributed by atoms with Crippen molar-refractivity contribution in [3.05, 3.63) is 47.8 Å². The molecule has 0 radical (unpaired) electrons. The van der Waals surface area contributed by atoms with Crippen LogP contribution in [0.3, 0.4) is 0 Å². The zero-order chi connectivity index (χ0) is 26.8. The second kappa shape index (κ2) is 10.3. The number of pyridine rings is 1. The Morgan fingerprint density at radius 1 is 1.19 bits per heavy atom. The van der Waals surface area contributed by atoms with Gasteiger partial charge < -0.3 is 25.0 Å². The molecule has 1 atom stereocenters. The number of ether oxygens (including phenoxy) is 2. The van der Waals surface area contributed by atoms with Crippen LogP contribution >= 0.6 is 0 Å². The molecule has 1 saturated heterocycles. The normalized spacial score (nSPS) is 18.7. The molecule has 1 aliphatic carbocycles. The van der Waals surface area contributed by atoms with Crippen molar-refractivity contribution in [2.45, 2.75) is 43.9 Å². The van der Waals surface area contributed by atoms with Crippen LogP contribution in [0.15, 0.2) is 36.5 Å². The molecule has 0 bridgehead atoms. The number of benzene rings is 1. The Morgan fingerprint density at radius 3 is 2.51 bits per heavy atom. The minimum absolute atomic E-state index is 0.0494. The van der Waals surface area contributed by atoms with Crippen molar-refractivity contribution in [3.63, 3.8) is 0 Å². The fourth-order valence-electron chi connectivity index (χ4n) is 4.03. The van der Waals surface area contributed by atoms with E-state index in [1.165, 1.54) is 37.6 Å². The third-order valence-electron chi connectivity index (χ3n) is 6.53. The molecular weight excluding hydrogens is 493 g/mol. The van der Waals surface area contributed by atoms with Gasteiger partial charge in [-0.2, -0.15) is 13.2 Å². The Hall–Kier alpha value is -3.83. The zero-order valence-corrected chi connectivity index (χ0v) is 20.4. The molecule has 2 heterocycles. The first kappa shape index (κ1) is 26.2. The summed E-state index contributed by atoms with van der Waals surface area (Å²) in [6.07, 6.45) is -1.72. The van der Waals surface area contributed by atoms with Crippen LogP contribution < -0.4 is 20.1 Å². The first-order valence-corrected chi connectivity index (χ1v) is 11.7. The number of aromatic nitrogens is 1. The fourth-order valence-corrected chi connectivity index (χ4v) is 4.03. The second-order valence-electron chi connectivity index (χ2n) is 9.21. The molecule has 1 saturated carbocycles. The first-order valence-electron chi connectivity index (χ1n) is 11.7. The van der Waals surface area contributed by atoms with E-state index in [1.54, 1.807) is 11.9 Å². The third kappa shape index (κ3) is 6.12. The topological polar surface area (TPSA) is 110 Å². The summed E-state index contributed by atoms with van der Waals surface area (Å²) in [5.74, 6) is -1.46.